The molecule has 4 rings (SSSR count). The number of fused-ring (bicyclic) bond motifs is 1. The lowest BCUT2D eigenvalue weighted by Gasteiger charge is -2.33. The Hall–Kier alpha value is -2.82. The standard InChI is InChI=1S/C25H31N3O2/c1-5-18-6-9-20(10-7-18)26-25-27-22-15-19(24(29)30-4)8-11-23(22)28(25)21-13-16(2)12-17(3)14-21/h6-11,15-17,21H,5,12-14H2,1-4H3,(H,26,27). The summed E-state index contributed by atoms with van der Waals surface area (Å²) in [6, 6.07) is 14.6. The van der Waals surface area contributed by atoms with Gasteiger partial charge < -0.3 is 14.6 Å². The van der Waals surface area contributed by atoms with Crippen LogP contribution < -0.4 is 5.32 Å². The monoisotopic (exact) mass is 405 g/mol. The third-order valence-corrected chi connectivity index (χ3v) is 6.25. The number of carbonyl (C=O) groups is 1. The van der Waals surface area contributed by atoms with Crippen molar-refractivity contribution in [2.75, 3.05) is 12.4 Å². The van der Waals surface area contributed by atoms with Crippen LogP contribution in [0.1, 0.15) is 62.0 Å². The van der Waals surface area contributed by atoms with Crippen LogP contribution in [0.3, 0.4) is 0 Å². The van der Waals surface area contributed by atoms with Gasteiger partial charge in [-0.05, 0) is 73.4 Å². The van der Waals surface area contributed by atoms with Gasteiger partial charge in [-0.15, -0.1) is 0 Å². The number of ether oxygens (including phenoxy) is 1. The van der Waals surface area contributed by atoms with Crippen LogP contribution in [0.25, 0.3) is 11.0 Å². The Morgan fingerprint density at radius 1 is 1.10 bits per heavy atom. The van der Waals surface area contributed by atoms with E-state index >= 15 is 0 Å². The molecule has 0 spiro atoms. The van der Waals surface area contributed by atoms with Gasteiger partial charge in [0.1, 0.15) is 0 Å². The highest BCUT2D eigenvalue weighted by molar-refractivity contribution is 5.94. The molecule has 1 saturated carbocycles. The summed E-state index contributed by atoms with van der Waals surface area (Å²) in [4.78, 5) is 16.9. The molecule has 1 aromatic heterocycles. The molecule has 5 nitrogen and oxygen atoms in total. The molecule has 5 heteroatoms. The van der Waals surface area contributed by atoms with Gasteiger partial charge in [0.15, 0.2) is 0 Å². The zero-order valence-corrected chi connectivity index (χ0v) is 18.3. The zero-order chi connectivity index (χ0) is 21.3. The molecule has 0 amide bonds. The number of hydrogen-bond donors (Lipinski definition) is 1. The molecule has 0 aliphatic heterocycles. The Kier molecular flexibility index (Phi) is 5.80. The van der Waals surface area contributed by atoms with E-state index < -0.39 is 0 Å². The van der Waals surface area contributed by atoms with Crippen molar-refractivity contribution in [2.45, 2.75) is 52.5 Å². The van der Waals surface area contributed by atoms with Gasteiger partial charge in [-0.3, -0.25) is 0 Å². The van der Waals surface area contributed by atoms with Crippen LogP contribution in [0.5, 0.6) is 0 Å². The number of hydrogen-bond acceptors (Lipinski definition) is 4. The maximum Gasteiger partial charge on any atom is 0.337 e. The number of nitrogens with one attached hydrogen (secondary N) is 1. The molecule has 30 heavy (non-hydrogen) atoms. The maximum atomic E-state index is 12.0. The number of benzene rings is 2. The van der Waals surface area contributed by atoms with E-state index in [0.717, 1.165) is 41.9 Å². The van der Waals surface area contributed by atoms with Gasteiger partial charge in [0.25, 0.3) is 0 Å². The zero-order valence-electron chi connectivity index (χ0n) is 18.3. The van der Waals surface area contributed by atoms with Gasteiger partial charge in [-0.2, -0.15) is 0 Å². The van der Waals surface area contributed by atoms with Crippen LogP contribution in [0.15, 0.2) is 42.5 Å². The first-order chi connectivity index (χ1) is 14.5. The van der Waals surface area contributed by atoms with Crippen LogP contribution in [-0.4, -0.2) is 22.6 Å². The van der Waals surface area contributed by atoms with Gasteiger partial charge in [-0.25, -0.2) is 9.78 Å². The van der Waals surface area contributed by atoms with E-state index in [0.29, 0.717) is 23.4 Å². The number of aryl methyl sites for hydroxylation is 1. The predicted molar refractivity (Wildman–Crippen MR) is 121 cm³/mol. The number of nitrogens with zero attached hydrogens (tertiary/aromatic N) is 2. The van der Waals surface area contributed by atoms with Crippen LogP contribution in [0, 0.1) is 11.8 Å². The average molecular weight is 406 g/mol. The van der Waals surface area contributed by atoms with Gasteiger partial charge >= 0.3 is 5.97 Å². The summed E-state index contributed by atoms with van der Waals surface area (Å²) in [7, 11) is 1.41. The minimum Gasteiger partial charge on any atom is -0.465 e. The van der Waals surface area contributed by atoms with Crippen molar-refractivity contribution >= 4 is 28.6 Å². The van der Waals surface area contributed by atoms with E-state index in [1.54, 1.807) is 0 Å². The lowest BCUT2D eigenvalue weighted by molar-refractivity contribution is 0.0601. The molecule has 2 aromatic carbocycles. The number of aromatic nitrogens is 2. The van der Waals surface area contributed by atoms with E-state index in [-0.39, 0.29) is 5.97 Å². The fourth-order valence-corrected chi connectivity index (χ4v) is 4.87. The first kappa shape index (κ1) is 20.5. The van der Waals surface area contributed by atoms with E-state index in [1.165, 1.54) is 19.1 Å². The predicted octanol–water partition coefficient (Wildman–Crippen LogP) is 6.13. The topological polar surface area (TPSA) is 56.1 Å². The summed E-state index contributed by atoms with van der Waals surface area (Å²) in [6.45, 7) is 6.84. The van der Waals surface area contributed by atoms with Crippen molar-refractivity contribution in [2.24, 2.45) is 11.8 Å². The SMILES string of the molecule is CCc1ccc(Nc2nc3cc(C(=O)OC)ccc3n2C2CC(C)CC(C)C2)cc1. The minimum atomic E-state index is -0.337. The molecule has 0 bridgehead atoms. The lowest BCUT2D eigenvalue weighted by atomic mass is 9.80. The summed E-state index contributed by atoms with van der Waals surface area (Å²) < 4.78 is 7.24. The van der Waals surface area contributed by atoms with E-state index in [4.69, 9.17) is 9.72 Å². The highest BCUT2D eigenvalue weighted by Gasteiger charge is 2.28. The Morgan fingerprint density at radius 2 is 1.80 bits per heavy atom. The third kappa shape index (κ3) is 4.07. The van der Waals surface area contributed by atoms with Crippen molar-refractivity contribution in [1.29, 1.82) is 0 Å². The number of methoxy groups -OCH3 is 1. The molecule has 0 saturated heterocycles. The second-order valence-corrected chi connectivity index (χ2v) is 8.75. The molecule has 2 unspecified atom stereocenters. The van der Waals surface area contributed by atoms with Gasteiger partial charge in [0.05, 0.1) is 23.7 Å². The highest BCUT2D eigenvalue weighted by Crippen LogP contribution is 2.40. The number of rotatable bonds is 5. The highest BCUT2D eigenvalue weighted by atomic mass is 16.5. The summed E-state index contributed by atoms with van der Waals surface area (Å²) in [5.74, 6) is 1.86. The first-order valence-corrected chi connectivity index (χ1v) is 10.9. The van der Waals surface area contributed by atoms with E-state index in [1.807, 2.05) is 18.2 Å². The molecular weight excluding hydrogens is 374 g/mol. The van der Waals surface area contributed by atoms with Gasteiger partial charge in [-0.1, -0.05) is 32.9 Å². The van der Waals surface area contributed by atoms with Crippen molar-refractivity contribution in [3.05, 3.63) is 53.6 Å². The molecule has 1 heterocycles. The van der Waals surface area contributed by atoms with Crippen molar-refractivity contribution < 1.29 is 9.53 Å². The smallest absolute Gasteiger partial charge is 0.337 e. The van der Waals surface area contributed by atoms with Crippen LogP contribution >= 0.6 is 0 Å². The molecule has 1 aliphatic rings. The van der Waals surface area contributed by atoms with Crippen molar-refractivity contribution in [3.63, 3.8) is 0 Å². The number of imidazole rings is 1. The number of carbonyl (C=O) groups excluding carboxylic acids is 1. The molecule has 158 valence electrons. The summed E-state index contributed by atoms with van der Waals surface area (Å²) in [5, 5.41) is 3.54. The Morgan fingerprint density at radius 3 is 2.43 bits per heavy atom. The average Bonchev–Trinajstić information content (AvgIpc) is 3.10. The molecule has 0 radical (unpaired) electrons. The van der Waals surface area contributed by atoms with Crippen molar-refractivity contribution in [1.82, 2.24) is 9.55 Å². The third-order valence-electron chi connectivity index (χ3n) is 6.25. The maximum absolute atomic E-state index is 12.0. The molecule has 1 fully saturated rings. The van der Waals surface area contributed by atoms with E-state index in [9.17, 15) is 4.79 Å². The van der Waals surface area contributed by atoms with Crippen molar-refractivity contribution in [3.8, 4) is 0 Å². The first-order valence-electron chi connectivity index (χ1n) is 10.9. The normalized spacial score (nSPS) is 21.5. The Labute approximate surface area is 178 Å². The summed E-state index contributed by atoms with van der Waals surface area (Å²) >= 11 is 0. The summed E-state index contributed by atoms with van der Waals surface area (Å²) in [6.07, 6.45) is 4.57. The number of anilines is 2. The molecule has 3 aromatic rings. The van der Waals surface area contributed by atoms with Crippen LogP contribution in [0.4, 0.5) is 11.6 Å². The van der Waals surface area contributed by atoms with E-state index in [2.05, 4.69) is 54.9 Å². The second kappa shape index (κ2) is 8.50. The fourth-order valence-electron chi connectivity index (χ4n) is 4.87. The summed E-state index contributed by atoms with van der Waals surface area (Å²) in [5.41, 5.74) is 4.73. The quantitative estimate of drug-likeness (QED) is 0.519. The number of esters is 1. The lowest BCUT2D eigenvalue weighted by Crippen LogP contribution is -2.23. The second-order valence-electron chi connectivity index (χ2n) is 8.75. The van der Waals surface area contributed by atoms with Gasteiger partial charge in [0.2, 0.25) is 5.95 Å². The largest absolute Gasteiger partial charge is 0.465 e. The van der Waals surface area contributed by atoms with Crippen LogP contribution in [-0.2, 0) is 11.2 Å². The van der Waals surface area contributed by atoms with Gasteiger partial charge in [0, 0.05) is 11.7 Å². The molecular formula is C25H31N3O2. The van der Waals surface area contributed by atoms with Crippen LogP contribution in [0.2, 0.25) is 0 Å². The fraction of sp³-hybridized carbons (Fsp3) is 0.440. The minimum absolute atomic E-state index is 0.337. The molecule has 1 N–H and O–H groups in total. The molecule has 2 atom stereocenters. The Balaban J connectivity index is 1.78. The molecule has 1 aliphatic carbocycles. The Bertz CT molecular complexity index is 1030.